The minimum Gasteiger partial charge on any atom is -0.476 e. The van der Waals surface area contributed by atoms with Crippen molar-refractivity contribution in [3.8, 4) is 0 Å². The van der Waals surface area contributed by atoms with Crippen LogP contribution in [0.15, 0.2) is 12.3 Å². The van der Waals surface area contributed by atoms with Crippen LogP contribution in [0, 0.1) is 5.82 Å². The van der Waals surface area contributed by atoms with Gasteiger partial charge in [-0.3, -0.25) is 0 Å². The van der Waals surface area contributed by atoms with Gasteiger partial charge in [-0.05, 0) is 6.07 Å². The van der Waals surface area contributed by atoms with Gasteiger partial charge in [0, 0.05) is 0 Å². The Balaban J connectivity index is 3.15. The van der Waals surface area contributed by atoms with Crippen molar-refractivity contribution in [2.24, 2.45) is 0 Å². The molecular formula is C5H3FN2O2. The number of carboxylic acids is 1. The highest BCUT2D eigenvalue weighted by Gasteiger charge is 2.10. The van der Waals surface area contributed by atoms with Crippen LogP contribution in [0.2, 0.25) is 0 Å². The highest BCUT2D eigenvalue weighted by Crippen LogP contribution is 1.99. The van der Waals surface area contributed by atoms with E-state index in [0.717, 1.165) is 12.3 Å². The van der Waals surface area contributed by atoms with Gasteiger partial charge in [0.1, 0.15) is 0 Å². The van der Waals surface area contributed by atoms with E-state index in [1.54, 1.807) is 0 Å². The molecule has 0 amide bonds. The lowest BCUT2D eigenvalue weighted by Gasteiger charge is -1.90. The molecule has 5 heteroatoms. The summed E-state index contributed by atoms with van der Waals surface area (Å²) in [5, 5.41) is 14.5. The van der Waals surface area contributed by atoms with Gasteiger partial charge in [0.2, 0.25) is 5.69 Å². The number of nitrogens with zero attached hydrogens (tertiary/aromatic N) is 2. The van der Waals surface area contributed by atoms with Crippen LogP contribution in [0.5, 0.6) is 0 Å². The molecular weight excluding hydrogens is 139 g/mol. The van der Waals surface area contributed by atoms with E-state index >= 15 is 0 Å². The first-order valence-electron chi connectivity index (χ1n) is 2.42. The van der Waals surface area contributed by atoms with Crippen LogP contribution in [-0.2, 0) is 0 Å². The Morgan fingerprint density at radius 3 is 2.80 bits per heavy atom. The molecule has 10 heavy (non-hydrogen) atoms. The van der Waals surface area contributed by atoms with Gasteiger partial charge in [-0.25, -0.2) is 9.18 Å². The van der Waals surface area contributed by atoms with E-state index in [1.807, 2.05) is 0 Å². The predicted octanol–water partition coefficient (Wildman–Crippen LogP) is 0.314. The van der Waals surface area contributed by atoms with Crippen molar-refractivity contribution in [1.29, 1.82) is 0 Å². The lowest BCUT2D eigenvalue weighted by molar-refractivity contribution is 0.0683. The molecule has 0 aromatic carbocycles. The average molecular weight is 142 g/mol. The van der Waals surface area contributed by atoms with Crippen LogP contribution in [0.1, 0.15) is 10.5 Å². The molecule has 1 aromatic rings. The van der Waals surface area contributed by atoms with Gasteiger partial charge in [0.25, 0.3) is 0 Å². The molecule has 0 atom stereocenters. The van der Waals surface area contributed by atoms with E-state index in [0.29, 0.717) is 0 Å². The molecule has 4 nitrogen and oxygen atoms in total. The maximum atomic E-state index is 12.4. The molecule has 0 aliphatic heterocycles. The minimum absolute atomic E-state index is 0.650. The van der Waals surface area contributed by atoms with Crippen molar-refractivity contribution in [2.75, 3.05) is 0 Å². The smallest absolute Gasteiger partial charge is 0.359 e. The van der Waals surface area contributed by atoms with Crippen LogP contribution in [-0.4, -0.2) is 21.3 Å². The third-order valence-corrected chi connectivity index (χ3v) is 0.874. The molecule has 0 saturated heterocycles. The lowest BCUT2D eigenvalue weighted by atomic mass is 10.4. The normalized spacial score (nSPS) is 9.30. The fourth-order valence-electron chi connectivity index (χ4n) is 0.461. The second-order valence-electron chi connectivity index (χ2n) is 1.53. The highest BCUT2D eigenvalue weighted by atomic mass is 19.1. The number of carboxylic acid groups (broad SMARTS) is 1. The fourth-order valence-corrected chi connectivity index (χ4v) is 0.461. The van der Waals surface area contributed by atoms with Crippen molar-refractivity contribution in [1.82, 2.24) is 10.2 Å². The van der Waals surface area contributed by atoms with Gasteiger partial charge in [-0.15, -0.1) is 5.10 Å². The Morgan fingerprint density at radius 1 is 1.70 bits per heavy atom. The summed E-state index contributed by atoms with van der Waals surface area (Å²) < 4.78 is 12.4. The van der Waals surface area contributed by atoms with Gasteiger partial charge in [0.15, 0.2) is 5.82 Å². The van der Waals surface area contributed by atoms with E-state index in [9.17, 15) is 9.18 Å². The van der Waals surface area contributed by atoms with Crippen LogP contribution >= 0.6 is 0 Å². The zero-order chi connectivity index (χ0) is 7.56. The molecule has 1 aromatic heterocycles. The summed E-state index contributed by atoms with van der Waals surface area (Å²) >= 11 is 0. The summed E-state index contributed by atoms with van der Waals surface area (Å²) in [6.45, 7) is 0. The summed E-state index contributed by atoms with van der Waals surface area (Å²) in [7, 11) is 0. The van der Waals surface area contributed by atoms with Gasteiger partial charge < -0.3 is 5.11 Å². The van der Waals surface area contributed by atoms with Crippen LogP contribution < -0.4 is 0 Å². The number of hydrogen-bond acceptors (Lipinski definition) is 3. The molecule has 1 rings (SSSR count). The Labute approximate surface area is 55.3 Å². The molecule has 52 valence electrons. The Hall–Kier alpha value is -1.52. The molecule has 0 unspecified atom stereocenters. The summed E-state index contributed by atoms with van der Waals surface area (Å²) in [5.41, 5.74) is -0.650. The molecule has 0 aliphatic rings. The molecule has 0 radical (unpaired) electrons. The number of halogens is 1. The molecule has 0 fully saturated rings. The molecule has 0 spiro atoms. The number of aromatic nitrogens is 2. The standard InChI is InChI=1S/C5H3FN2O2/c6-3-1-2-7-8-4(3)5(9)10/h1-2H,(H,9,10). The zero-order valence-electron chi connectivity index (χ0n) is 4.78. The Bertz CT molecular complexity index is 264. The van der Waals surface area contributed by atoms with Crippen LogP contribution in [0.3, 0.4) is 0 Å². The third kappa shape index (κ3) is 1.07. The van der Waals surface area contributed by atoms with Crippen molar-refractivity contribution < 1.29 is 14.3 Å². The van der Waals surface area contributed by atoms with Crippen molar-refractivity contribution >= 4 is 5.97 Å². The Morgan fingerprint density at radius 2 is 2.40 bits per heavy atom. The average Bonchev–Trinajstić information content (AvgIpc) is 1.88. The van der Waals surface area contributed by atoms with E-state index in [4.69, 9.17) is 5.11 Å². The van der Waals surface area contributed by atoms with E-state index in [2.05, 4.69) is 10.2 Å². The zero-order valence-corrected chi connectivity index (χ0v) is 4.78. The monoisotopic (exact) mass is 142 g/mol. The molecule has 0 aliphatic carbocycles. The highest BCUT2D eigenvalue weighted by molar-refractivity contribution is 5.85. The fraction of sp³-hybridized carbons (Fsp3) is 0. The van der Waals surface area contributed by atoms with Crippen LogP contribution in [0.25, 0.3) is 0 Å². The largest absolute Gasteiger partial charge is 0.476 e. The maximum Gasteiger partial charge on any atom is 0.359 e. The van der Waals surface area contributed by atoms with Crippen LogP contribution in [0.4, 0.5) is 4.39 Å². The van der Waals surface area contributed by atoms with Gasteiger partial charge in [0.05, 0.1) is 6.20 Å². The quantitative estimate of drug-likeness (QED) is 0.613. The first-order chi connectivity index (χ1) is 4.72. The van der Waals surface area contributed by atoms with E-state index in [-0.39, 0.29) is 0 Å². The molecule has 0 saturated carbocycles. The van der Waals surface area contributed by atoms with E-state index in [1.165, 1.54) is 0 Å². The molecule has 1 heterocycles. The first-order valence-corrected chi connectivity index (χ1v) is 2.42. The Kier molecular flexibility index (Phi) is 1.57. The SMILES string of the molecule is O=C(O)c1nnccc1F. The second-order valence-corrected chi connectivity index (χ2v) is 1.53. The van der Waals surface area contributed by atoms with E-state index < -0.39 is 17.5 Å². The predicted molar refractivity (Wildman–Crippen MR) is 28.9 cm³/mol. The maximum absolute atomic E-state index is 12.4. The summed E-state index contributed by atoms with van der Waals surface area (Å²) in [4.78, 5) is 10.1. The molecule has 0 bridgehead atoms. The van der Waals surface area contributed by atoms with Gasteiger partial charge in [-0.2, -0.15) is 5.10 Å². The van der Waals surface area contributed by atoms with Crippen molar-refractivity contribution in [3.05, 3.63) is 23.8 Å². The third-order valence-electron chi connectivity index (χ3n) is 0.874. The van der Waals surface area contributed by atoms with Gasteiger partial charge >= 0.3 is 5.97 Å². The topological polar surface area (TPSA) is 63.1 Å². The lowest BCUT2D eigenvalue weighted by Crippen LogP contribution is -2.04. The van der Waals surface area contributed by atoms with Gasteiger partial charge in [-0.1, -0.05) is 0 Å². The number of rotatable bonds is 1. The molecule has 1 N–H and O–H groups in total. The van der Waals surface area contributed by atoms with Crippen molar-refractivity contribution in [2.45, 2.75) is 0 Å². The first kappa shape index (κ1) is 6.60. The second kappa shape index (κ2) is 2.38. The number of carbonyl (C=O) groups is 1. The summed E-state index contributed by atoms with van der Waals surface area (Å²) in [5.74, 6) is -2.28. The number of hydrogen-bond donors (Lipinski definition) is 1. The summed E-state index contributed by atoms with van der Waals surface area (Å²) in [6, 6.07) is 0.941. The summed E-state index contributed by atoms with van der Waals surface area (Å²) in [6.07, 6.45) is 1.09. The van der Waals surface area contributed by atoms with Crippen molar-refractivity contribution in [3.63, 3.8) is 0 Å². The number of aromatic carboxylic acids is 1. The minimum atomic E-state index is -1.41.